The smallest absolute Gasteiger partial charge is 0.151 e. The van der Waals surface area contributed by atoms with E-state index in [1.807, 2.05) is 0 Å². The van der Waals surface area contributed by atoms with E-state index >= 15 is 0 Å². The molecule has 1 aliphatic rings. The average molecular weight is 252 g/mol. The van der Waals surface area contributed by atoms with Crippen LogP contribution in [0.1, 0.15) is 39.0 Å². The number of sulfone groups is 1. The summed E-state index contributed by atoms with van der Waals surface area (Å²) in [6.07, 6.45) is 5.03. The lowest BCUT2D eigenvalue weighted by Gasteiger charge is -2.07. The fourth-order valence-corrected chi connectivity index (χ4v) is 5.93. The predicted octanol–water partition coefficient (Wildman–Crippen LogP) is 1.50. The average Bonchev–Trinajstić information content (AvgIpc) is 2.53. The van der Waals surface area contributed by atoms with E-state index in [0.29, 0.717) is 12.2 Å². The summed E-state index contributed by atoms with van der Waals surface area (Å²) in [6, 6.07) is 0. The van der Waals surface area contributed by atoms with Crippen LogP contribution in [0.5, 0.6) is 0 Å². The summed E-state index contributed by atoms with van der Waals surface area (Å²) < 4.78 is 34.1. The quantitative estimate of drug-likeness (QED) is 0.673. The van der Waals surface area contributed by atoms with Gasteiger partial charge in [-0.05, 0) is 12.8 Å². The normalized spacial score (nSPS) is 26.6. The first-order valence-electron chi connectivity index (χ1n) is 5.63. The van der Waals surface area contributed by atoms with Crippen molar-refractivity contribution in [2.75, 3.05) is 17.3 Å². The van der Waals surface area contributed by atoms with Crippen molar-refractivity contribution in [1.29, 1.82) is 0 Å². The van der Waals surface area contributed by atoms with Gasteiger partial charge in [-0.15, -0.1) is 0 Å². The molecule has 2 unspecified atom stereocenters. The van der Waals surface area contributed by atoms with Crippen molar-refractivity contribution in [2.24, 2.45) is 0 Å². The molecule has 2 atom stereocenters. The van der Waals surface area contributed by atoms with E-state index in [1.54, 1.807) is 0 Å². The van der Waals surface area contributed by atoms with Gasteiger partial charge in [-0.3, -0.25) is 4.21 Å². The fraction of sp³-hybridized carbons (Fsp3) is 1.00. The van der Waals surface area contributed by atoms with Crippen molar-refractivity contribution in [3.63, 3.8) is 0 Å². The van der Waals surface area contributed by atoms with Crippen molar-refractivity contribution >= 4 is 20.6 Å². The van der Waals surface area contributed by atoms with Crippen LogP contribution in [0.2, 0.25) is 0 Å². The molecule has 1 heterocycles. The zero-order chi connectivity index (χ0) is 11.3. The first kappa shape index (κ1) is 13.2. The Morgan fingerprint density at radius 2 is 2.00 bits per heavy atom. The summed E-state index contributed by atoms with van der Waals surface area (Å²) in [5, 5.41) is -0.0865. The largest absolute Gasteiger partial charge is 0.259 e. The van der Waals surface area contributed by atoms with E-state index in [0.717, 1.165) is 12.8 Å². The maximum Gasteiger partial charge on any atom is 0.151 e. The molecule has 0 aromatic rings. The number of unbranched alkanes of at least 4 members (excludes halogenated alkanes) is 3. The van der Waals surface area contributed by atoms with Crippen LogP contribution < -0.4 is 0 Å². The molecule has 5 heteroatoms. The van der Waals surface area contributed by atoms with Gasteiger partial charge >= 0.3 is 0 Å². The molecule has 3 nitrogen and oxygen atoms in total. The Morgan fingerprint density at radius 3 is 2.53 bits per heavy atom. The Bertz CT molecular complexity index is 309. The second kappa shape index (κ2) is 5.99. The van der Waals surface area contributed by atoms with Crippen molar-refractivity contribution < 1.29 is 12.6 Å². The van der Waals surface area contributed by atoms with Crippen LogP contribution in [0.25, 0.3) is 0 Å². The molecule has 1 fully saturated rings. The van der Waals surface area contributed by atoms with Gasteiger partial charge < -0.3 is 0 Å². The molecule has 0 bridgehead atoms. The van der Waals surface area contributed by atoms with E-state index in [4.69, 9.17) is 0 Å². The van der Waals surface area contributed by atoms with Gasteiger partial charge in [0.1, 0.15) is 0 Å². The third kappa shape index (κ3) is 4.64. The zero-order valence-electron chi connectivity index (χ0n) is 9.28. The van der Waals surface area contributed by atoms with E-state index in [2.05, 4.69) is 6.92 Å². The Balaban J connectivity index is 2.24. The highest BCUT2D eigenvalue weighted by Gasteiger charge is 2.31. The van der Waals surface area contributed by atoms with E-state index < -0.39 is 20.6 Å². The molecule has 1 saturated heterocycles. The summed E-state index contributed by atoms with van der Waals surface area (Å²) in [6.45, 7) is 2.14. The maximum absolute atomic E-state index is 11.7. The van der Waals surface area contributed by atoms with Gasteiger partial charge in [0.05, 0.1) is 11.5 Å². The van der Waals surface area contributed by atoms with Gasteiger partial charge in [0.15, 0.2) is 9.84 Å². The number of hydrogen-bond acceptors (Lipinski definition) is 3. The van der Waals surface area contributed by atoms with Crippen LogP contribution in [-0.4, -0.2) is 35.1 Å². The second-order valence-electron chi connectivity index (χ2n) is 4.17. The molecule has 1 rings (SSSR count). The number of rotatable bonds is 6. The molecule has 0 N–H and O–H groups in total. The molecular formula is C10H20O3S2. The first-order chi connectivity index (χ1) is 7.05. The van der Waals surface area contributed by atoms with Crippen molar-refractivity contribution in [2.45, 2.75) is 44.3 Å². The van der Waals surface area contributed by atoms with E-state index in [-0.39, 0.29) is 16.8 Å². The lowest BCUT2D eigenvalue weighted by molar-refractivity contribution is 0.602. The second-order valence-corrected chi connectivity index (χ2v) is 8.24. The SMILES string of the molecule is CCCCCCS(=O)C1CCS(=O)(=O)C1. The molecule has 0 aromatic heterocycles. The molecular weight excluding hydrogens is 232 g/mol. The van der Waals surface area contributed by atoms with Crippen LogP contribution in [-0.2, 0) is 20.6 Å². The Kier molecular flexibility index (Phi) is 5.26. The molecule has 0 aliphatic carbocycles. The Morgan fingerprint density at radius 1 is 1.27 bits per heavy atom. The minimum Gasteiger partial charge on any atom is -0.259 e. The minimum atomic E-state index is -2.87. The van der Waals surface area contributed by atoms with Gasteiger partial charge in [0, 0.05) is 21.8 Å². The summed E-state index contributed by atoms with van der Waals surface area (Å²) in [4.78, 5) is 0. The van der Waals surface area contributed by atoms with Crippen LogP contribution in [0.3, 0.4) is 0 Å². The summed E-state index contributed by atoms with van der Waals surface area (Å²) >= 11 is 0. The highest BCUT2D eigenvalue weighted by atomic mass is 32.2. The topological polar surface area (TPSA) is 51.2 Å². The molecule has 0 amide bonds. The van der Waals surface area contributed by atoms with Gasteiger partial charge in [-0.1, -0.05) is 26.2 Å². The van der Waals surface area contributed by atoms with Crippen LogP contribution >= 0.6 is 0 Å². The zero-order valence-corrected chi connectivity index (χ0v) is 10.9. The van der Waals surface area contributed by atoms with E-state index in [9.17, 15) is 12.6 Å². The summed E-state index contributed by atoms with van der Waals surface area (Å²) in [5.74, 6) is 1.06. The van der Waals surface area contributed by atoms with Gasteiger partial charge in [-0.25, -0.2) is 8.42 Å². The minimum absolute atomic E-state index is 0.0865. The monoisotopic (exact) mass is 252 g/mol. The Labute approximate surface area is 95.0 Å². The van der Waals surface area contributed by atoms with Crippen LogP contribution in [0.15, 0.2) is 0 Å². The summed E-state index contributed by atoms with van der Waals surface area (Å²) in [7, 11) is -3.79. The Hall–Kier alpha value is 0.1000. The summed E-state index contributed by atoms with van der Waals surface area (Å²) in [5.41, 5.74) is 0. The van der Waals surface area contributed by atoms with Crippen molar-refractivity contribution in [3.05, 3.63) is 0 Å². The predicted molar refractivity (Wildman–Crippen MR) is 64.2 cm³/mol. The molecule has 0 spiro atoms. The lowest BCUT2D eigenvalue weighted by Crippen LogP contribution is -2.19. The highest BCUT2D eigenvalue weighted by molar-refractivity contribution is 7.94. The molecule has 0 radical (unpaired) electrons. The lowest BCUT2D eigenvalue weighted by atomic mass is 10.2. The maximum atomic E-state index is 11.7. The van der Waals surface area contributed by atoms with Crippen LogP contribution in [0, 0.1) is 0 Å². The van der Waals surface area contributed by atoms with Crippen LogP contribution in [0.4, 0.5) is 0 Å². The van der Waals surface area contributed by atoms with Gasteiger partial charge in [0.2, 0.25) is 0 Å². The first-order valence-corrected chi connectivity index (χ1v) is 8.83. The third-order valence-corrected chi connectivity index (χ3v) is 6.58. The van der Waals surface area contributed by atoms with Gasteiger partial charge in [-0.2, -0.15) is 0 Å². The molecule has 90 valence electrons. The third-order valence-electron chi connectivity index (χ3n) is 2.76. The highest BCUT2D eigenvalue weighted by Crippen LogP contribution is 2.17. The molecule has 15 heavy (non-hydrogen) atoms. The van der Waals surface area contributed by atoms with Crippen molar-refractivity contribution in [3.8, 4) is 0 Å². The molecule has 0 saturated carbocycles. The molecule has 1 aliphatic heterocycles. The number of hydrogen-bond donors (Lipinski definition) is 0. The van der Waals surface area contributed by atoms with Gasteiger partial charge in [0.25, 0.3) is 0 Å². The van der Waals surface area contributed by atoms with E-state index in [1.165, 1.54) is 12.8 Å². The molecule has 0 aromatic carbocycles. The standard InChI is InChI=1S/C10H20O3S2/c1-2-3-4-5-7-14(11)10-6-8-15(12,13)9-10/h10H,2-9H2,1H3. The van der Waals surface area contributed by atoms with Crippen molar-refractivity contribution in [1.82, 2.24) is 0 Å². The fourth-order valence-electron chi connectivity index (χ4n) is 1.81.